The van der Waals surface area contributed by atoms with Crippen LogP contribution in [0.5, 0.6) is 0 Å². The Kier molecular flexibility index (Phi) is 5.47. The van der Waals surface area contributed by atoms with Gasteiger partial charge in [0.15, 0.2) is 0 Å². The number of anilines is 3. The van der Waals surface area contributed by atoms with E-state index in [1.54, 1.807) is 29.7 Å². The summed E-state index contributed by atoms with van der Waals surface area (Å²) in [5.41, 5.74) is 4.77. The monoisotopic (exact) mass is 442 g/mol. The molecule has 4 heterocycles. The van der Waals surface area contributed by atoms with Crippen LogP contribution in [0.25, 0.3) is 22.5 Å². The number of hydrogen-bond acceptors (Lipinski definition) is 6. The van der Waals surface area contributed by atoms with Crippen LogP contribution in [-0.4, -0.2) is 32.4 Å². The van der Waals surface area contributed by atoms with Crippen molar-refractivity contribution in [3.63, 3.8) is 0 Å². The number of amides is 1. The molecule has 0 radical (unpaired) electrons. The van der Waals surface area contributed by atoms with Crippen molar-refractivity contribution in [3.05, 3.63) is 78.3 Å². The third-order valence-electron chi connectivity index (χ3n) is 5.21. The van der Waals surface area contributed by atoms with Crippen LogP contribution in [0.4, 0.5) is 17.3 Å². The lowest BCUT2D eigenvalue weighted by atomic mass is 10.1. The Morgan fingerprint density at radius 2 is 1.88 bits per heavy atom. The number of nitrogens with one attached hydrogen (secondary N) is 1. The smallest absolute Gasteiger partial charge is 0.227 e. The zero-order valence-corrected chi connectivity index (χ0v) is 17.8. The molecule has 4 aromatic rings. The summed E-state index contributed by atoms with van der Waals surface area (Å²) < 4.78 is 0. The highest BCUT2D eigenvalue weighted by Gasteiger charge is 2.22. The molecule has 1 aromatic carbocycles. The molecule has 1 aliphatic heterocycles. The highest BCUT2D eigenvalue weighted by molar-refractivity contribution is 6.32. The van der Waals surface area contributed by atoms with Gasteiger partial charge in [0.05, 0.1) is 46.4 Å². The first-order valence-corrected chi connectivity index (χ1v) is 10.6. The second-order valence-electron chi connectivity index (χ2n) is 7.39. The highest BCUT2D eigenvalue weighted by Crippen LogP contribution is 2.30. The van der Waals surface area contributed by atoms with Gasteiger partial charge in [-0.3, -0.25) is 14.8 Å². The maximum Gasteiger partial charge on any atom is 0.227 e. The van der Waals surface area contributed by atoms with E-state index in [9.17, 15) is 4.79 Å². The van der Waals surface area contributed by atoms with Gasteiger partial charge >= 0.3 is 0 Å². The van der Waals surface area contributed by atoms with E-state index in [1.807, 2.05) is 48.5 Å². The van der Waals surface area contributed by atoms with E-state index in [4.69, 9.17) is 11.6 Å². The normalized spacial score (nSPS) is 13.4. The quantitative estimate of drug-likeness (QED) is 0.461. The number of carbonyl (C=O) groups is 1. The highest BCUT2D eigenvalue weighted by atomic mass is 35.5. The maximum absolute atomic E-state index is 12.0. The lowest BCUT2D eigenvalue weighted by Gasteiger charge is -2.16. The predicted molar refractivity (Wildman–Crippen MR) is 125 cm³/mol. The molecule has 7 nitrogen and oxygen atoms in total. The SMILES string of the molecule is O=C1CCCN1c1cncc(Nc2ncc(Cl)c(-c3cccc(-c4ccccn4)c3)n2)c1. The fraction of sp³-hybridized carbons (Fsp3) is 0.125. The number of pyridine rings is 2. The minimum Gasteiger partial charge on any atom is -0.323 e. The van der Waals surface area contributed by atoms with Gasteiger partial charge in [-0.05, 0) is 30.7 Å². The Hall–Kier alpha value is -3.84. The lowest BCUT2D eigenvalue weighted by Crippen LogP contribution is -2.23. The third kappa shape index (κ3) is 4.15. The number of carbonyl (C=O) groups excluding carboxylic acids is 1. The Labute approximate surface area is 190 Å². The van der Waals surface area contributed by atoms with E-state index in [0.717, 1.165) is 28.9 Å². The fourth-order valence-corrected chi connectivity index (χ4v) is 3.88. The molecule has 0 saturated carbocycles. The average Bonchev–Trinajstić information content (AvgIpc) is 3.27. The Balaban J connectivity index is 1.44. The standard InChI is InChI=1S/C24H19ClN6O/c25-20-15-28-24(29-18-12-19(14-26-13-18)31-10-4-8-22(31)32)30-23(20)17-6-3-5-16(11-17)21-7-1-2-9-27-21/h1-3,5-7,9,11-15H,4,8,10H2,(H,28,29,30). The molecule has 1 saturated heterocycles. The molecule has 0 unspecified atom stereocenters. The molecule has 1 fully saturated rings. The summed E-state index contributed by atoms with van der Waals surface area (Å²) in [5.74, 6) is 0.501. The molecule has 3 aromatic heterocycles. The van der Waals surface area contributed by atoms with Crippen molar-refractivity contribution in [1.29, 1.82) is 0 Å². The maximum atomic E-state index is 12.0. The summed E-state index contributed by atoms with van der Waals surface area (Å²) >= 11 is 6.43. The van der Waals surface area contributed by atoms with Gasteiger partial charge in [-0.2, -0.15) is 0 Å². The molecule has 1 aliphatic rings. The number of halogens is 1. The summed E-state index contributed by atoms with van der Waals surface area (Å²) in [6.07, 6.45) is 8.12. The molecule has 5 rings (SSSR count). The number of hydrogen-bond donors (Lipinski definition) is 1. The fourth-order valence-electron chi connectivity index (χ4n) is 3.68. The van der Waals surface area contributed by atoms with Gasteiger partial charge in [0.25, 0.3) is 0 Å². The number of rotatable bonds is 5. The molecule has 0 spiro atoms. The van der Waals surface area contributed by atoms with Crippen molar-refractivity contribution in [1.82, 2.24) is 19.9 Å². The molecule has 0 aliphatic carbocycles. The Morgan fingerprint density at radius 3 is 2.69 bits per heavy atom. The van der Waals surface area contributed by atoms with E-state index in [0.29, 0.717) is 35.3 Å². The van der Waals surface area contributed by atoms with Crippen molar-refractivity contribution >= 4 is 34.8 Å². The zero-order chi connectivity index (χ0) is 21.9. The molecular formula is C24H19ClN6O. The molecule has 1 amide bonds. The van der Waals surface area contributed by atoms with E-state index in [1.165, 1.54) is 0 Å². The topological polar surface area (TPSA) is 83.9 Å². The minimum absolute atomic E-state index is 0.113. The van der Waals surface area contributed by atoms with Gasteiger partial charge in [0, 0.05) is 30.3 Å². The summed E-state index contributed by atoms with van der Waals surface area (Å²) in [6, 6.07) is 15.6. The van der Waals surface area contributed by atoms with Crippen LogP contribution in [0.15, 0.2) is 73.3 Å². The predicted octanol–water partition coefficient (Wildman–Crippen LogP) is 5.12. The first-order chi connectivity index (χ1) is 15.7. The minimum atomic E-state index is 0.113. The summed E-state index contributed by atoms with van der Waals surface area (Å²) in [5, 5.41) is 3.62. The van der Waals surface area contributed by atoms with Crippen LogP contribution in [0.2, 0.25) is 5.02 Å². The van der Waals surface area contributed by atoms with E-state index in [2.05, 4.69) is 25.3 Å². The van der Waals surface area contributed by atoms with Gasteiger partial charge in [0.2, 0.25) is 11.9 Å². The molecule has 158 valence electrons. The largest absolute Gasteiger partial charge is 0.323 e. The van der Waals surface area contributed by atoms with Crippen LogP contribution in [0.1, 0.15) is 12.8 Å². The van der Waals surface area contributed by atoms with E-state index < -0.39 is 0 Å². The van der Waals surface area contributed by atoms with Crippen LogP contribution in [0, 0.1) is 0 Å². The number of aromatic nitrogens is 4. The molecule has 1 N–H and O–H groups in total. The summed E-state index contributed by atoms with van der Waals surface area (Å²) in [7, 11) is 0. The molecule has 0 bridgehead atoms. The van der Waals surface area contributed by atoms with Crippen molar-refractivity contribution in [2.45, 2.75) is 12.8 Å². The van der Waals surface area contributed by atoms with Gasteiger partial charge < -0.3 is 10.2 Å². The van der Waals surface area contributed by atoms with Crippen molar-refractivity contribution in [3.8, 4) is 22.5 Å². The van der Waals surface area contributed by atoms with Crippen LogP contribution < -0.4 is 10.2 Å². The van der Waals surface area contributed by atoms with Crippen LogP contribution in [-0.2, 0) is 4.79 Å². The second-order valence-corrected chi connectivity index (χ2v) is 7.80. The van der Waals surface area contributed by atoms with Crippen molar-refractivity contribution < 1.29 is 4.79 Å². The Bertz CT molecular complexity index is 1280. The Morgan fingerprint density at radius 1 is 0.969 bits per heavy atom. The first kappa shape index (κ1) is 20.1. The van der Waals surface area contributed by atoms with Gasteiger partial charge in [-0.25, -0.2) is 9.97 Å². The lowest BCUT2D eigenvalue weighted by molar-refractivity contribution is -0.117. The van der Waals surface area contributed by atoms with Gasteiger partial charge in [-0.1, -0.05) is 35.9 Å². The van der Waals surface area contributed by atoms with Gasteiger partial charge in [-0.15, -0.1) is 0 Å². The average molecular weight is 443 g/mol. The molecule has 0 atom stereocenters. The zero-order valence-electron chi connectivity index (χ0n) is 17.1. The molecular weight excluding hydrogens is 424 g/mol. The number of benzene rings is 1. The third-order valence-corrected chi connectivity index (χ3v) is 5.48. The van der Waals surface area contributed by atoms with Crippen LogP contribution >= 0.6 is 11.6 Å². The summed E-state index contributed by atoms with van der Waals surface area (Å²) in [6.45, 7) is 0.707. The van der Waals surface area contributed by atoms with Crippen LogP contribution in [0.3, 0.4) is 0 Å². The second kappa shape index (κ2) is 8.72. The van der Waals surface area contributed by atoms with E-state index in [-0.39, 0.29) is 5.91 Å². The summed E-state index contributed by atoms with van der Waals surface area (Å²) in [4.78, 5) is 31.4. The molecule has 32 heavy (non-hydrogen) atoms. The first-order valence-electron chi connectivity index (χ1n) is 10.2. The van der Waals surface area contributed by atoms with Crippen molar-refractivity contribution in [2.75, 3.05) is 16.8 Å². The molecule has 8 heteroatoms. The van der Waals surface area contributed by atoms with Gasteiger partial charge in [0.1, 0.15) is 0 Å². The van der Waals surface area contributed by atoms with Crippen molar-refractivity contribution in [2.24, 2.45) is 0 Å². The van der Waals surface area contributed by atoms with E-state index >= 15 is 0 Å². The number of nitrogens with zero attached hydrogens (tertiary/aromatic N) is 5.